The summed E-state index contributed by atoms with van der Waals surface area (Å²) < 4.78 is 19.5. The van der Waals surface area contributed by atoms with E-state index in [4.69, 9.17) is 4.74 Å². The molecule has 8 heteroatoms. The predicted octanol–water partition coefficient (Wildman–Crippen LogP) is 2.60. The molecular formula is C24H37FN4O3. The molecule has 32 heavy (non-hydrogen) atoms. The highest BCUT2D eigenvalue weighted by Gasteiger charge is 2.27. The number of rotatable bonds is 5. The van der Waals surface area contributed by atoms with E-state index >= 15 is 0 Å². The average molecular weight is 449 g/mol. The number of halogens is 1. The molecule has 3 saturated heterocycles. The number of carbonyl (C=O) groups excluding carboxylic acids is 1. The lowest BCUT2D eigenvalue weighted by Gasteiger charge is -2.37. The van der Waals surface area contributed by atoms with E-state index in [-0.39, 0.29) is 24.0 Å². The fraction of sp³-hybridized carbons (Fsp3) is 0.708. The van der Waals surface area contributed by atoms with E-state index in [2.05, 4.69) is 15.1 Å². The quantitative estimate of drug-likeness (QED) is 0.725. The molecule has 4 rings (SSSR count). The number of hydrogen-bond acceptors (Lipinski definition) is 5. The van der Waals surface area contributed by atoms with Crippen LogP contribution in [0.2, 0.25) is 0 Å². The Morgan fingerprint density at radius 2 is 1.81 bits per heavy atom. The Morgan fingerprint density at radius 1 is 1.12 bits per heavy atom. The highest BCUT2D eigenvalue weighted by Crippen LogP contribution is 2.30. The Bertz CT molecular complexity index is 758. The fourth-order valence-electron chi connectivity index (χ4n) is 5.09. The van der Waals surface area contributed by atoms with E-state index in [9.17, 15) is 14.3 Å². The summed E-state index contributed by atoms with van der Waals surface area (Å²) in [5.41, 5.74) is 1.73. The normalized spacial score (nSPS) is 22.7. The van der Waals surface area contributed by atoms with Gasteiger partial charge >= 0.3 is 6.03 Å². The molecule has 0 aromatic heterocycles. The van der Waals surface area contributed by atoms with Crippen LogP contribution in [-0.2, 0) is 4.74 Å². The lowest BCUT2D eigenvalue weighted by Crippen LogP contribution is -2.47. The van der Waals surface area contributed by atoms with Crippen LogP contribution < -0.4 is 10.2 Å². The molecule has 3 fully saturated rings. The van der Waals surface area contributed by atoms with Crippen molar-refractivity contribution in [1.82, 2.24) is 15.1 Å². The SMILES string of the molecule is CC(NC(=O)N1CCC(CN2CCOCC2)CC1)c1cc(F)ccc1N1CCC(O)CC1. The molecule has 0 spiro atoms. The molecule has 3 heterocycles. The highest BCUT2D eigenvalue weighted by molar-refractivity contribution is 5.75. The maximum atomic E-state index is 14.1. The maximum Gasteiger partial charge on any atom is 0.317 e. The number of benzene rings is 1. The molecule has 0 bridgehead atoms. The molecular weight excluding hydrogens is 411 g/mol. The second kappa shape index (κ2) is 10.8. The maximum absolute atomic E-state index is 14.1. The van der Waals surface area contributed by atoms with Crippen LogP contribution in [0.3, 0.4) is 0 Å². The van der Waals surface area contributed by atoms with E-state index in [1.807, 2.05) is 11.8 Å². The minimum absolute atomic E-state index is 0.0772. The Balaban J connectivity index is 1.31. The van der Waals surface area contributed by atoms with Crippen molar-refractivity contribution >= 4 is 11.7 Å². The standard InChI is InChI=1S/C24H37FN4O3/c1-18(22-16-20(25)2-3-23(22)28-10-6-21(30)7-11-28)26-24(31)29-8-4-19(5-9-29)17-27-12-14-32-15-13-27/h2-3,16,18-19,21,30H,4-15,17H2,1H3,(H,26,31). The number of carbonyl (C=O) groups is 1. The van der Waals surface area contributed by atoms with Crippen molar-refractivity contribution in [3.8, 4) is 0 Å². The summed E-state index contributed by atoms with van der Waals surface area (Å²) in [6.45, 7) is 9.63. The molecule has 3 aliphatic rings. The predicted molar refractivity (Wildman–Crippen MR) is 122 cm³/mol. The number of aliphatic hydroxyl groups excluding tert-OH is 1. The molecule has 0 saturated carbocycles. The molecule has 3 aliphatic heterocycles. The molecule has 7 nitrogen and oxygen atoms in total. The second-order valence-corrected chi connectivity index (χ2v) is 9.44. The molecule has 0 radical (unpaired) electrons. The smallest absolute Gasteiger partial charge is 0.317 e. The first kappa shape index (κ1) is 23.3. The molecule has 2 N–H and O–H groups in total. The number of nitrogens with one attached hydrogen (secondary N) is 1. The number of piperidine rings is 2. The van der Waals surface area contributed by atoms with Gasteiger partial charge in [-0.25, -0.2) is 9.18 Å². The van der Waals surface area contributed by atoms with Gasteiger partial charge < -0.3 is 25.0 Å². The van der Waals surface area contributed by atoms with Crippen molar-refractivity contribution in [3.05, 3.63) is 29.6 Å². The van der Waals surface area contributed by atoms with Gasteiger partial charge in [-0.15, -0.1) is 0 Å². The molecule has 178 valence electrons. The van der Waals surface area contributed by atoms with Gasteiger partial charge in [0.05, 0.1) is 25.4 Å². The Morgan fingerprint density at radius 3 is 2.50 bits per heavy atom. The Labute approximate surface area is 190 Å². The van der Waals surface area contributed by atoms with Gasteiger partial charge in [0.15, 0.2) is 0 Å². The summed E-state index contributed by atoms with van der Waals surface area (Å²) in [4.78, 5) is 19.5. The van der Waals surface area contributed by atoms with Crippen molar-refractivity contribution in [2.24, 2.45) is 5.92 Å². The van der Waals surface area contributed by atoms with Crippen molar-refractivity contribution in [2.75, 3.05) is 63.9 Å². The number of nitrogens with zero attached hydrogens (tertiary/aromatic N) is 3. The van der Waals surface area contributed by atoms with Gasteiger partial charge in [0.25, 0.3) is 0 Å². The van der Waals surface area contributed by atoms with Gasteiger partial charge in [-0.3, -0.25) is 4.90 Å². The van der Waals surface area contributed by atoms with Crippen molar-refractivity contribution in [1.29, 1.82) is 0 Å². The van der Waals surface area contributed by atoms with Crippen LogP contribution in [0.25, 0.3) is 0 Å². The van der Waals surface area contributed by atoms with Crippen LogP contribution >= 0.6 is 0 Å². The first-order valence-corrected chi connectivity index (χ1v) is 12.1. The van der Waals surface area contributed by atoms with Crippen LogP contribution in [0.4, 0.5) is 14.9 Å². The number of anilines is 1. The van der Waals surface area contributed by atoms with Gasteiger partial charge in [0, 0.05) is 57.1 Å². The molecule has 2 amide bonds. The number of aliphatic hydroxyl groups is 1. The minimum atomic E-state index is -0.300. The van der Waals surface area contributed by atoms with Gasteiger partial charge in [-0.1, -0.05) is 0 Å². The van der Waals surface area contributed by atoms with Crippen LogP contribution in [0.5, 0.6) is 0 Å². The largest absolute Gasteiger partial charge is 0.393 e. The second-order valence-electron chi connectivity index (χ2n) is 9.44. The van der Waals surface area contributed by atoms with E-state index in [0.717, 1.165) is 83.1 Å². The molecule has 0 aliphatic carbocycles. The van der Waals surface area contributed by atoms with E-state index < -0.39 is 0 Å². The number of hydrogen-bond donors (Lipinski definition) is 2. The summed E-state index contributed by atoms with van der Waals surface area (Å²) in [6, 6.07) is 4.41. The highest BCUT2D eigenvalue weighted by atomic mass is 19.1. The minimum Gasteiger partial charge on any atom is -0.393 e. The summed E-state index contributed by atoms with van der Waals surface area (Å²) >= 11 is 0. The van der Waals surface area contributed by atoms with Crippen LogP contribution in [-0.4, -0.2) is 86.1 Å². The molecule has 1 aromatic rings. The average Bonchev–Trinajstić information content (AvgIpc) is 2.81. The number of likely N-dealkylation sites (tertiary alicyclic amines) is 1. The summed E-state index contributed by atoms with van der Waals surface area (Å²) in [6.07, 6.45) is 3.17. The lowest BCUT2D eigenvalue weighted by molar-refractivity contribution is 0.0258. The molecule has 1 aromatic carbocycles. The van der Waals surface area contributed by atoms with Crippen LogP contribution in [0.1, 0.15) is 44.2 Å². The Kier molecular flexibility index (Phi) is 7.86. The van der Waals surface area contributed by atoms with Gasteiger partial charge in [0.2, 0.25) is 0 Å². The van der Waals surface area contributed by atoms with E-state index in [0.29, 0.717) is 18.8 Å². The van der Waals surface area contributed by atoms with Gasteiger partial charge in [-0.05, 0) is 56.7 Å². The third-order valence-corrected chi connectivity index (χ3v) is 7.12. The van der Waals surface area contributed by atoms with Crippen molar-refractivity contribution < 1.29 is 19.0 Å². The third kappa shape index (κ3) is 5.91. The monoisotopic (exact) mass is 448 g/mol. The lowest BCUT2D eigenvalue weighted by atomic mass is 9.96. The van der Waals surface area contributed by atoms with E-state index in [1.54, 1.807) is 6.07 Å². The van der Waals surface area contributed by atoms with Crippen LogP contribution in [0.15, 0.2) is 18.2 Å². The van der Waals surface area contributed by atoms with Crippen molar-refractivity contribution in [2.45, 2.75) is 44.8 Å². The van der Waals surface area contributed by atoms with Crippen molar-refractivity contribution in [3.63, 3.8) is 0 Å². The molecule has 1 atom stereocenters. The zero-order valence-corrected chi connectivity index (χ0v) is 19.1. The first-order chi connectivity index (χ1) is 15.5. The number of morpholine rings is 1. The zero-order chi connectivity index (χ0) is 22.5. The molecule has 1 unspecified atom stereocenters. The fourth-order valence-corrected chi connectivity index (χ4v) is 5.09. The number of ether oxygens (including phenoxy) is 1. The first-order valence-electron chi connectivity index (χ1n) is 12.1. The number of amides is 2. The topological polar surface area (TPSA) is 68.3 Å². The third-order valence-electron chi connectivity index (χ3n) is 7.12. The summed E-state index contributed by atoms with van der Waals surface area (Å²) in [5.74, 6) is 0.324. The van der Waals surface area contributed by atoms with Gasteiger partial charge in [-0.2, -0.15) is 0 Å². The zero-order valence-electron chi connectivity index (χ0n) is 19.1. The number of urea groups is 1. The van der Waals surface area contributed by atoms with E-state index in [1.165, 1.54) is 12.1 Å². The summed E-state index contributed by atoms with van der Waals surface area (Å²) in [7, 11) is 0. The van der Waals surface area contributed by atoms with Gasteiger partial charge in [0.1, 0.15) is 5.82 Å². The van der Waals surface area contributed by atoms with Crippen LogP contribution in [0, 0.1) is 11.7 Å². The Hall–Kier alpha value is -1.90. The summed E-state index contributed by atoms with van der Waals surface area (Å²) in [5, 5.41) is 12.9.